The van der Waals surface area contributed by atoms with Gasteiger partial charge in [-0.1, -0.05) is 0 Å². The number of halogens is 1. The Labute approximate surface area is 122 Å². The minimum absolute atomic E-state index is 0.233. The fraction of sp³-hybridized carbons (Fsp3) is 0.333. The van der Waals surface area contributed by atoms with Gasteiger partial charge in [0.05, 0.1) is 0 Å². The van der Waals surface area contributed by atoms with Crippen molar-refractivity contribution in [2.24, 2.45) is 5.73 Å². The molecule has 20 heavy (non-hydrogen) atoms. The van der Waals surface area contributed by atoms with Gasteiger partial charge in [-0.25, -0.2) is 14.4 Å². The van der Waals surface area contributed by atoms with Gasteiger partial charge in [0, 0.05) is 22.3 Å². The van der Waals surface area contributed by atoms with E-state index in [9.17, 15) is 4.39 Å². The SMILES string of the molecule is Cc1cc(C)nc(Sc2cc(C)c(F)cc2[C@H](C)N)n1. The molecule has 3 nitrogen and oxygen atoms in total. The normalized spacial score (nSPS) is 12.5. The number of hydrogen-bond donors (Lipinski definition) is 1. The third kappa shape index (κ3) is 3.35. The summed E-state index contributed by atoms with van der Waals surface area (Å²) in [5.74, 6) is -0.233. The molecule has 0 saturated carbocycles. The van der Waals surface area contributed by atoms with Gasteiger partial charge in [-0.05, 0) is 68.8 Å². The van der Waals surface area contributed by atoms with Crippen molar-refractivity contribution in [1.29, 1.82) is 0 Å². The van der Waals surface area contributed by atoms with Gasteiger partial charge in [-0.2, -0.15) is 0 Å². The Balaban J connectivity index is 2.44. The zero-order valence-electron chi connectivity index (χ0n) is 12.1. The molecule has 0 fully saturated rings. The third-order valence-corrected chi connectivity index (χ3v) is 3.88. The Kier molecular flexibility index (Phi) is 4.40. The largest absolute Gasteiger partial charge is 0.324 e. The average molecular weight is 291 g/mol. The zero-order valence-corrected chi connectivity index (χ0v) is 12.9. The second kappa shape index (κ2) is 5.89. The van der Waals surface area contributed by atoms with Gasteiger partial charge in [0.1, 0.15) is 5.82 Å². The molecule has 0 unspecified atom stereocenters. The van der Waals surface area contributed by atoms with E-state index in [1.54, 1.807) is 13.0 Å². The van der Waals surface area contributed by atoms with E-state index in [0.717, 1.165) is 21.8 Å². The van der Waals surface area contributed by atoms with Crippen LogP contribution in [-0.2, 0) is 0 Å². The highest BCUT2D eigenvalue weighted by molar-refractivity contribution is 7.99. The van der Waals surface area contributed by atoms with Crippen LogP contribution < -0.4 is 5.73 Å². The van der Waals surface area contributed by atoms with Crippen molar-refractivity contribution >= 4 is 11.8 Å². The van der Waals surface area contributed by atoms with Crippen molar-refractivity contribution in [2.45, 2.75) is 43.8 Å². The molecule has 1 heterocycles. The van der Waals surface area contributed by atoms with Crippen LogP contribution in [0.4, 0.5) is 4.39 Å². The monoisotopic (exact) mass is 291 g/mol. The van der Waals surface area contributed by atoms with E-state index >= 15 is 0 Å². The van der Waals surface area contributed by atoms with Crippen molar-refractivity contribution in [3.05, 3.63) is 46.5 Å². The first-order valence-electron chi connectivity index (χ1n) is 6.42. The summed E-state index contributed by atoms with van der Waals surface area (Å²) in [5, 5.41) is 0.662. The molecule has 0 saturated heterocycles. The predicted molar refractivity (Wildman–Crippen MR) is 79.4 cm³/mol. The second-order valence-corrected chi connectivity index (χ2v) is 5.97. The Hall–Kier alpha value is -1.46. The lowest BCUT2D eigenvalue weighted by Crippen LogP contribution is -2.08. The van der Waals surface area contributed by atoms with Crippen molar-refractivity contribution in [3.63, 3.8) is 0 Å². The Morgan fingerprint density at radius 1 is 1.10 bits per heavy atom. The number of benzene rings is 1. The average Bonchev–Trinajstić information content (AvgIpc) is 2.31. The predicted octanol–water partition coefficient (Wildman–Crippen LogP) is 3.71. The number of nitrogens with zero attached hydrogens (tertiary/aromatic N) is 2. The molecular formula is C15H18FN3S. The minimum Gasteiger partial charge on any atom is -0.324 e. The van der Waals surface area contributed by atoms with Crippen molar-refractivity contribution in [1.82, 2.24) is 9.97 Å². The van der Waals surface area contributed by atoms with Gasteiger partial charge in [0.15, 0.2) is 5.16 Å². The molecule has 1 aromatic heterocycles. The molecule has 0 amide bonds. The highest BCUT2D eigenvalue weighted by Gasteiger charge is 2.13. The minimum atomic E-state index is -0.237. The standard InChI is InChI=1S/C15H18FN3S/c1-8-5-14(12(11(4)17)7-13(8)16)20-15-18-9(2)6-10(3)19-15/h5-7,11H,17H2,1-4H3/t11-/m0/s1. The van der Waals surface area contributed by atoms with E-state index in [0.29, 0.717) is 10.7 Å². The molecule has 0 aliphatic rings. The summed E-state index contributed by atoms with van der Waals surface area (Å²) < 4.78 is 13.7. The van der Waals surface area contributed by atoms with Gasteiger partial charge >= 0.3 is 0 Å². The van der Waals surface area contributed by atoms with Crippen LogP contribution in [0.15, 0.2) is 28.3 Å². The molecule has 1 aromatic carbocycles. The van der Waals surface area contributed by atoms with Gasteiger partial charge in [0.2, 0.25) is 0 Å². The van der Waals surface area contributed by atoms with Gasteiger partial charge in [-0.15, -0.1) is 0 Å². The highest BCUT2D eigenvalue weighted by atomic mass is 32.2. The van der Waals surface area contributed by atoms with E-state index in [2.05, 4.69) is 9.97 Å². The van der Waals surface area contributed by atoms with Crippen LogP contribution in [0.5, 0.6) is 0 Å². The lowest BCUT2D eigenvalue weighted by Gasteiger charge is -2.13. The lowest BCUT2D eigenvalue weighted by atomic mass is 10.1. The first-order chi connectivity index (χ1) is 9.36. The molecular weight excluding hydrogens is 273 g/mol. The summed E-state index contributed by atoms with van der Waals surface area (Å²) in [6.07, 6.45) is 0. The van der Waals surface area contributed by atoms with Crippen LogP contribution in [0.2, 0.25) is 0 Å². The van der Waals surface area contributed by atoms with Crippen LogP contribution in [0.25, 0.3) is 0 Å². The smallest absolute Gasteiger partial charge is 0.192 e. The van der Waals surface area contributed by atoms with Crippen LogP contribution in [-0.4, -0.2) is 9.97 Å². The van der Waals surface area contributed by atoms with Gasteiger partial charge in [-0.3, -0.25) is 0 Å². The van der Waals surface area contributed by atoms with Crippen LogP contribution >= 0.6 is 11.8 Å². The molecule has 0 radical (unpaired) electrons. The fourth-order valence-corrected chi connectivity index (χ4v) is 3.13. The molecule has 2 N–H and O–H groups in total. The molecule has 2 rings (SSSR count). The summed E-state index contributed by atoms with van der Waals surface area (Å²) in [7, 11) is 0. The number of aromatic nitrogens is 2. The molecule has 2 aromatic rings. The topological polar surface area (TPSA) is 51.8 Å². The third-order valence-electron chi connectivity index (χ3n) is 2.94. The number of aryl methyl sites for hydroxylation is 3. The van der Waals surface area contributed by atoms with Gasteiger partial charge in [0.25, 0.3) is 0 Å². The van der Waals surface area contributed by atoms with Crippen molar-refractivity contribution in [3.8, 4) is 0 Å². The summed E-state index contributed by atoms with van der Waals surface area (Å²) in [4.78, 5) is 9.70. The fourth-order valence-electron chi connectivity index (χ4n) is 1.95. The first kappa shape index (κ1) is 14.9. The van der Waals surface area contributed by atoms with Crippen LogP contribution in [0.1, 0.15) is 35.5 Å². The van der Waals surface area contributed by atoms with Gasteiger partial charge < -0.3 is 5.73 Å². The molecule has 1 atom stereocenters. The molecule has 0 spiro atoms. The highest BCUT2D eigenvalue weighted by Crippen LogP contribution is 2.32. The van der Waals surface area contributed by atoms with E-state index in [1.165, 1.54) is 17.8 Å². The molecule has 0 aliphatic carbocycles. The molecule has 0 bridgehead atoms. The van der Waals surface area contributed by atoms with Crippen LogP contribution in [0.3, 0.4) is 0 Å². The Morgan fingerprint density at radius 2 is 1.70 bits per heavy atom. The summed E-state index contributed by atoms with van der Waals surface area (Å²) in [5.41, 5.74) is 9.14. The van der Waals surface area contributed by atoms with E-state index in [-0.39, 0.29) is 11.9 Å². The Morgan fingerprint density at radius 3 is 2.25 bits per heavy atom. The summed E-state index contributed by atoms with van der Waals surface area (Å²) in [6.45, 7) is 7.45. The van der Waals surface area contributed by atoms with Crippen molar-refractivity contribution in [2.75, 3.05) is 0 Å². The quantitative estimate of drug-likeness (QED) is 0.876. The lowest BCUT2D eigenvalue weighted by molar-refractivity contribution is 0.610. The zero-order chi connectivity index (χ0) is 14.9. The van der Waals surface area contributed by atoms with E-state index in [4.69, 9.17) is 5.73 Å². The number of hydrogen-bond acceptors (Lipinski definition) is 4. The van der Waals surface area contributed by atoms with Crippen LogP contribution in [0, 0.1) is 26.6 Å². The number of rotatable bonds is 3. The number of nitrogens with two attached hydrogens (primary N) is 1. The summed E-state index contributed by atoms with van der Waals surface area (Å²) >= 11 is 1.42. The molecule has 5 heteroatoms. The second-order valence-electron chi connectivity index (χ2n) is 4.96. The Bertz CT molecular complexity index is 621. The molecule has 0 aliphatic heterocycles. The molecule has 106 valence electrons. The first-order valence-corrected chi connectivity index (χ1v) is 7.24. The van der Waals surface area contributed by atoms with E-state index < -0.39 is 0 Å². The maximum absolute atomic E-state index is 13.7. The van der Waals surface area contributed by atoms with Crippen molar-refractivity contribution < 1.29 is 4.39 Å². The van der Waals surface area contributed by atoms with E-state index in [1.807, 2.05) is 26.8 Å². The maximum atomic E-state index is 13.7. The maximum Gasteiger partial charge on any atom is 0.192 e. The summed E-state index contributed by atoms with van der Waals surface area (Å²) in [6, 6.07) is 5.00.